The lowest BCUT2D eigenvalue weighted by molar-refractivity contribution is -0.117. The topological polar surface area (TPSA) is 75.4 Å². The van der Waals surface area contributed by atoms with Gasteiger partial charge in [-0.3, -0.25) is 4.79 Å². The lowest BCUT2D eigenvalue weighted by atomic mass is 10.1. The summed E-state index contributed by atoms with van der Waals surface area (Å²) in [5.74, 6) is -0.323. The minimum absolute atomic E-state index is 0.00783. The maximum absolute atomic E-state index is 12.0. The standard InChI is InChI=1S/C15H15BrN2O2/c16-11-6-7-14(19)13(9-11)18-15(20)12(17)8-10-4-2-1-3-5-10/h1-7,9,12,19H,8,17H2,(H,18,20). The Morgan fingerprint density at radius 1 is 1.25 bits per heavy atom. The predicted molar refractivity (Wildman–Crippen MR) is 82.6 cm³/mol. The van der Waals surface area contributed by atoms with E-state index in [-0.39, 0.29) is 11.7 Å². The minimum Gasteiger partial charge on any atom is -0.506 e. The van der Waals surface area contributed by atoms with Gasteiger partial charge in [-0.1, -0.05) is 46.3 Å². The Bertz CT molecular complexity index is 602. The summed E-state index contributed by atoms with van der Waals surface area (Å²) in [5.41, 5.74) is 7.21. The van der Waals surface area contributed by atoms with E-state index in [2.05, 4.69) is 21.2 Å². The number of rotatable bonds is 4. The highest BCUT2D eigenvalue weighted by atomic mass is 79.9. The summed E-state index contributed by atoms with van der Waals surface area (Å²) < 4.78 is 0.766. The first-order chi connectivity index (χ1) is 9.56. The molecule has 1 atom stereocenters. The summed E-state index contributed by atoms with van der Waals surface area (Å²) in [5, 5.41) is 12.3. The van der Waals surface area contributed by atoms with Crippen molar-refractivity contribution in [3.63, 3.8) is 0 Å². The molecule has 5 heteroatoms. The summed E-state index contributed by atoms with van der Waals surface area (Å²) in [7, 11) is 0. The van der Waals surface area contributed by atoms with E-state index in [1.165, 1.54) is 6.07 Å². The van der Waals surface area contributed by atoms with Crippen LogP contribution in [-0.4, -0.2) is 17.1 Å². The third-order valence-corrected chi connectivity index (χ3v) is 3.34. The summed E-state index contributed by atoms with van der Waals surface area (Å²) >= 11 is 3.28. The number of nitrogens with one attached hydrogen (secondary N) is 1. The normalized spacial score (nSPS) is 11.9. The Hall–Kier alpha value is -1.85. The molecule has 0 aliphatic heterocycles. The zero-order valence-electron chi connectivity index (χ0n) is 10.7. The van der Waals surface area contributed by atoms with Crippen LogP contribution in [0.15, 0.2) is 53.0 Å². The van der Waals surface area contributed by atoms with Crippen LogP contribution in [0.4, 0.5) is 5.69 Å². The predicted octanol–water partition coefficient (Wildman–Crippen LogP) is 2.66. The number of amides is 1. The summed E-state index contributed by atoms with van der Waals surface area (Å²) in [6.07, 6.45) is 0.446. The van der Waals surface area contributed by atoms with Gasteiger partial charge in [0.1, 0.15) is 5.75 Å². The van der Waals surface area contributed by atoms with Gasteiger partial charge in [-0.15, -0.1) is 0 Å². The molecule has 1 amide bonds. The number of carbonyl (C=O) groups excluding carboxylic acids is 1. The maximum atomic E-state index is 12.0. The lowest BCUT2D eigenvalue weighted by Gasteiger charge is -2.13. The molecular weight excluding hydrogens is 320 g/mol. The fraction of sp³-hybridized carbons (Fsp3) is 0.133. The summed E-state index contributed by atoms with van der Waals surface area (Å²) in [6, 6.07) is 13.7. The number of phenolic OH excluding ortho intramolecular Hbond substituents is 1. The van der Waals surface area contributed by atoms with E-state index < -0.39 is 6.04 Å². The molecule has 0 saturated heterocycles. The molecule has 2 rings (SSSR count). The second kappa shape index (κ2) is 6.54. The molecule has 0 aliphatic carbocycles. The smallest absolute Gasteiger partial charge is 0.241 e. The van der Waals surface area contributed by atoms with Gasteiger partial charge in [0.25, 0.3) is 0 Å². The van der Waals surface area contributed by atoms with Crippen LogP contribution >= 0.6 is 15.9 Å². The van der Waals surface area contributed by atoms with Crippen LogP contribution in [0.2, 0.25) is 0 Å². The van der Waals surface area contributed by atoms with Crippen LogP contribution in [0.25, 0.3) is 0 Å². The number of nitrogens with two attached hydrogens (primary N) is 1. The Morgan fingerprint density at radius 3 is 2.65 bits per heavy atom. The molecule has 0 heterocycles. The monoisotopic (exact) mass is 334 g/mol. The zero-order valence-corrected chi connectivity index (χ0v) is 12.3. The van der Waals surface area contributed by atoms with Crippen molar-refractivity contribution in [1.82, 2.24) is 0 Å². The molecule has 4 N–H and O–H groups in total. The number of carbonyl (C=O) groups is 1. The Labute approximate surface area is 125 Å². The van der Waals surface area contributed by atoms with E-state index in [1.54, 1.807) is 12.1 Å². The molecule has 0 spiro atoms. The molecule has 0 bridgehead atoms. The molecule has 2 aromatic carbocycles. The van der Waals surface area contributed by atoms with E-state index >= 15 is 0 Å². The van der Waals surface area contributed by atoms with Gasteiger partial charge in [-0.05, 0) is 30.2 Å². The van der Waals surface area contributed by atoms with E-state index in [4.69, 9.17) is 5.73 Å². The molecule has 4 nitrogen and oxygen atoms in total. The van der Waals surface area contributed by atoms with E-state index in [0.717, 1.165) is 10.0 Å². The molecule has 104 valence electrons. The second-order valence-electron chi connectivity index (χ2n) is 4.45. The first kappa shape index (κ1) is 14.6. The Morgan fingerprint density at radius 2 is 1.95 bits per heavy atom. The van der Waals surface area contributed by atoms with Crippen molar-refractivity contribution in [1.29, 1.82) is 0 Å². The molecular formula is C15H15BrN2O2. The van der Waals surface area contributed by atoms with E-state index in [9.17, 15) is 9.90 Å². The van der Waals surface area contributed by atoms with Gasteiger partial charge >= 0.3 is 0 Å². The van der Waals surface area contributed by atoms with Gasteiger partial charge in [-0.25, -0.2) is 0 Å². The number of phenols is 1. The van der Waals surface area contributed by atoms with Gasteiger partial charge in [0, 0.05) is 4.47 Å². The fourth-order valence-electron chi connectivity index (χ4n) is 1.79. The summed E-state index contributed by atoms with van der Waals surface area (Å²) in [6.45, 7) is 0. The number of aromatic hydroxyl groups is 1. The van der Waals surface area contributed by atoms with Crippen LogP contribution in [0.3, 0.4) is 0 Å². The highest BCUT2D eigenvalue weighted by Gasteiger charge is 2.15. The van der Waals surface area contributed by atoms with Crippen molar-refractivity contribution >= 4 is 27.5 Å². The van der Waals surface area contributed by atoms with Gasteiger partial charge in [-0.2, -0.15) is 0 Å². The quantitative estimate of drug-likeness (QED) is 0.752. The van der Waals surface area contributed by atoms with Crippen molar-refractivity contribution in [3.8, 4) is 5.75 Å². The molecule has 2 aromatic rings. The molecule has 20 heavy (non-hydrogen) atoms. The molecule has 0 fully saturated rings. The minimum atomic E-state index is -0.671. The van der Waals surface area contributed by atoms with Crippen LogP contribution in [0, 0.1) is 0 Å². The fourth-order valence-corrected chi connectivity index (χ4v) is 2.16. The molecule has 0 saturated carbocycles. The van der Waals surface area contributed by atoms with E-state index in [1.807, 2.05) is 30.3 Å². The third-order valence-electron chi connectivity index (χ3n) is 2.85. The number of hydrogen-bond donors (Lipinski definition) is 3. The van der Waals surface area contributed by atoms with Gasteiger partial charge in [0.15, 0.2) is 0 Å². The number of hydrogen-bond acceptors (Lipinski definition) is 3. The SMILES string of the molecule is NC(Cc1ccccc1)C(=O)Nc1cc(Br)ccc1O. The number of benzene rings is 2. The first-order valence-electron chi connectivity index (χ1n) is 6.15. The number of halogens is 1. The maximum Gasteiger partial charge on any atom is 0.241 e. The highest BCUT2D eigenvalue weighted by Crippen LogP contribution is 2.26. The molecule has 0 aromatic heterocycles. The average Bonchev–Trinajstić information content (AvgIpc) is 2.44. The van der Waals surface area contributed by atoms with Gasteiger partial charge < -0.3 is 16.2 Å². The van der Waals surface area contributed by atoms with Crippen LogP contribution < -0.4 is 11.1 Å². The largest absolute Gasteiger partial charge is 0.506 e. The third kappa shape index (κ3) is 3.82. The molecule has 1 unspecified atom stereocenters. The van der Waals surface area contributed by atoms with Crippen molar-refractivity contribution in [2.75, 3.05) is 5.32 Å². The second-order valence-corrected chi connectivity index (χ2v) is 5.36. The van der Waals surface area contributed by atoms with Gasteiger partial charge in [0.05, 0.1) is 11.7 Å². The van der Waals surface area contributed by atoms with Crippen LogP contribution in [0.1, 0.15) is 5.56 Å². The Kier molecular flexibility index (Phi) is 4.76. The highest BCUT2D eigenvalue weighted by molar-refractivity contribution is 9.10. The van der Waals surface area contributed by atoms with Crippen molar-refractivity contribution in [2.45, 2.75) is 12.5 Å². The van der Waals surface area contributed by atoms with Crippen molar-refractivity contribution in [3.05, 3.63) is 58.6 Å². The molecule has 0 radical (unpaired) electrons. The zero-order chi connectivity index (χ0) is 14.5. The van der Waals surface area contributed by atoms with Crippen molar-refractivity contribution in [2.24, 2.45) is 5.73 Å². The lowest BCUT2D eigenvalue weighted by Crippen LogP contribution is -2.37. The van der Waals surface area contributed by atoms with Crippen LogP contribution in [0.5, 0.6) is 5.75 Å². The first-order valence-corrected chi connectivity index (χ1v) is 6.94. The Balaban J connectivity index is 2.02. The molecule has 0 aliphatic rings. The van der Waals surface area contributed by atoms with E-state index in [0.29, 0.717) is 12.1 Å². The van der Waals surface area contributed by atoms with Gasteiger partial charge in [0.2, 0.25) is 5.91 Å². The summed E-state index contributed by atoms with van der Waals surface area (Å²) in [4.78, 5) is 12.0. The van der Waals surface area contributed by atoms with Crippen molar-refractivity contribution < 1.29 is 9.90 Å². The van der Waals surface area contributed by atoms with Crippen LogP contribution in [-0.2, 0) is 11.2 Å². The average molecular weight is 335 g/mol. The number of anilines is 1.